The van der Waals surface area contributed by atoms with E-state index >= 15 is 0 Å². The summed E-state index contributed by atoms with van der Waals surface area (Å²) in [6.07, 6.45) is 0. The van der Waals surface area contributed by atoms with Crippen LogP contribution in [0.1, 0.15) is 22.8 Å². The third kappa shape index (κ3) is 4.67. The zero-order valence-electron chi connectivity index (χ0n) is 14.2. The zero-order chi connectivity index (χ0) is 17.6. The van der Waals surface area contributed by atoms with Gasteiger partial charge in [0.2, 0.25) is 0 Å². The van der Waals surface area contributed by atoms with Crippen LogP contribution in [0.2, 0.25) is 5.15 Å². The number of halogens is 1. The van der Waals surface area contributed by atoms with Crippen molar-refractivity contribution in [2.24, 2.45) is 0 Å². The topological polar surface area (TPSA) is 58.6 Å². The maximum atomic E-state index is 11.7. The summed E-state index contributed by atoms with van der Waals surface area (Å²) in [5.41, 5.74) is 1.78. The average Bonchev–Trinajstić information content (AvgIpc) is 2.64. The fraction of sp³-hybridized carbons (Fsp3) is 0.389. The third-order valence-corrected chi connectivity index (χ3v) is 4.39. The molecule has 2 aromatic rings. The summed E-state index contributed by atoms with van der Waals surface area (Å²) < 4.78 is 5.00. The van der Waals surface area contributed by atoms with Crippen molar-refractivity contribution in [3.63, 3.8) is 0 Å². The molecule has 132 valence electrons. The molecule has 1 aliphatic rings. The van der Waals surface area contributed by atoms with Crippen molar-refractivity contribution < 1.29 is 9.53 Å². The first-order valence-corrected chi connectivity index (χ1v) is 8.76. The summed E-state index contributed by atoms with van der Waals surface area (Å²) in [7, 11) is 0. The van der Waals surface area contributed by atoms with Crippen molar-refractivity contribution in [1.82, 2.24) is 15.1 Å². The Morgan fingerprint density at radius 2 is 1.80 bits per heavy atom. The predicted molar refractivity (Wildman–Crippen MR) is 96.9 cm³/mol. The second-order valence-corrected chi connectivity index (χ2v) is 6.28. The van der Waals surface area contributed by atoms with E-state index in [9.17, 15) is 4.79 Å². The van der Waals surface area contributed by atoms with E-state index in [-0.39, 0.29) is 5.97 Å². The molecule has 0 radical (unpaired) electrons. The maximum absolute atomic E-state index is 11.7. The SMILES string of the molecule is CCOC(=O)c1ccc(CN2CCN(c3ccc(Cl)nn3)CC2)cc1. The van der Waals surface area contributed by atoms with Gasteiger partial charge in [0.25, 0.3) is 0 Å². The summed E-state index contributed by atoms with van der Waals surface area (Å²) >= 11 is 5.78. The van der Waals surface area contributed by atoms with Crippen LogP contribution in [0.4, 0.5) is 5.82 Å². The normalized spacial score (nSPS) is 15.2. The van der Waals surface area contributed by atoms with Gasteiger partial charge in [-0.1, -0.05) is 23.7 Å². The Hall–Kier alpha value is -2.18. The van der Waals surface area contributed by atoms with E-state index < -0.39 is 0 Å². The first-order chi connectivity index (χ1) is 12.2. The standard InChI is InChI=1S/C18H21ClN4O2/c1-2-25-18(24)15-5-3-14(4-6-15)13-22-9-11-23(12-10-22)17-8-7-16(19)20-21-17/h3-8H,2,9-13H2,1H3. The number of rotatable bonds is 5. The molecule has 0 N–H and O–H groups in total. The largest absolute Gasteiger partial charge is 0.462 e. The molecule has 6 nitrogen and oxygen atoms in total. The van der Waals surface area contributed by atoms with Crippen LogP contribution in [0.15, 0.2) is 36.4 Å². The Kier molecular flexibility index (Phi) is 5.83. The van der Waals surface area contributed by atoms with Crippen molar-refractivity contribution in [2.45, 2.75) is 13.5 Å². The van der Waals surface area contributed by atoms with Gasteiger partial charge in [-0.05, 0) is 36.8 Å². The van der Waals surface area contributed by atoms with Gasteiger partial charge >= 0.3 is 5.97 Å². The molecule has 1 aromatic carbocycles. The Balaban J connectivity index is 1.52. The Morgan fingerprint density at radius 1 is 1.08 bits per heavy atom. The van der Waals surface area contributed by atoms with Gasteiger partial charge in [0.1, 0.15) is 0 Å². The number of carbonyl (C=O) groups excluding carboxylic acids is 1. The Bertz CT molecular complexity index is 698. The van der Waals surface area contributed by atoms with Crippen LogP contribution in [0.3, 0.4) is 0 Å². The second kappa shape index (κ2) is 8.27. The lowest BCUT2D eigenvalue weighted by Gasteiger charge is -2.35. The van der Waals surface area contributed by atoms with Gasteiger partial charge in [-0.15, -0.1) is 10.2 Å². The number of esters is 1. The number of ether oxygens (including phenoxy) is 1. The molecule has 25 heavy (non-hydrogen) atoms. The van der Waals surface area contributed by atoms with Gasteiger partial charge in [-0.3, -0.25) is 4.90 Å². The number of benzene rings is 1. The van der Waals surface area contributed by atoms with E-state index in [0.717, 1.165) is 38.5 Å². The van der Waals surface area contributed by atoms with Crippen LogP contribution in [-0.4, -0.2) is 53.9 Å². The molecule has 1 aliphatic heterocycles. The van der Waals surface area contributed by atoms with Crippen molar-refractivity contribution in [3.8, 4) is 0 Å². The second-order valence-electron chi connectivity index (χ2n) is 5.89. The molecule has 0 bridgehead atoms. The number of hydrogen-bond donors (Lipinski definition) is 0. The number of piperazine rings is 1. The molecular weight excluding hydrogens is 340 g/mol. The summed E-state index contributed by atoms with van der Waals surface area (Å²) in [6, 6.07) is 11.3. The van der Waals surface area contributed by atoms with E-state index in [1.165, 1.54) is 5.56 Å². The molecule has 7 heteroatoms. The van der Waals surface area contributed by atoms with E-state index in [1.54, 1.807) is 6.07 Å². The molecule has 1 fully saturated rings. The van der Waals surface area contributed by atoms with Crippen LogP contribution in [-0.2, 0) is 11.3 Å². The van der Waals surface area contributed by atoms with Gasteiger partial charge in [0.05, 0.1) is 12.2 Å². The molecule has 0 spiro atoms. The molecule has 0 atom stereocenters. The van der Waals surface area contributed by atoms with Crippen LogP contribution in [0.25, 0.3) is 0 Å². The van der Waals surface area contributed by atoms with Crippen LogP contribution >= 0.6 is 11.6 Å². The van der Waals surface area contributed by atoms with Gasteiger partial charge in [0.15, 0.2) is 11.0 Å². The predicted octanol–water partition coefficient (Wildman–Crippen LogP) is 2.63. The van der Waals surface area contributed by atoms with Crippen LogP contribution in [0.5, 0.6) is 0 Å². The summed E-state index contributed by atoms with van der Waals surface area (Å²) in [5, 5.41) is 8.44. The molecule has 1 saturated heterocycles. The fourth-order valence-corrected chi connectivity index (χ4v) is 2.93. The number of hydrogen-bond acceptors (Lipinski definition) is 6. The fourth-order valence-electron chi connectivity index (χ4n) is 2.83. The smallest absolute Gasteiger partial charge is 0.338 e. The third-order valence-electron chi connectivity index (χ3n) is 4.19. The highest BCUT2D eigenvalue weighted by molar-refractivity contribution is 6.29. The highest BCUT2D eigenvalue weighted by atomic mass is 35.5. The van der Waals surface area contributed by atoms with Gasteiger partial charge in [-0.2, -0.15) is 0 Å². The minimum atomic E-state index is -0.272. The highest BCUT2D eigenvalue weighted by Crippen LogP contribution is 2.16. The Morgan fingerprint density at radius 3 is 2.40 bits per heavy atom. The van der Waals surface area contributed by atoms with Gasteiger partial charge < -0.3 is 9.64 Å². The minimum absolute atomic E-state index is 0.272. The highest BCUT2D eigenvalue weighted by Gasteiger charge is 2.18. The number of nitrogens with zero attached hydrogens (tertiary/aromatic N) is 4. The summed E-state index contributed by atoms with van der Waals surface area (Å²) in [6.45, 7) is 6.76. The molecule has 0 amide bonds. The zero-order valence-corrected chi connectivity index (χ0v) is 14.9. The lowest BCUT2D eigenvalue weighted by molar-refractivity contribution is 0.0526. The summed E-state index contributed by atoms with van der Waals surface area (Å²) in [5.74, 6) is 0.592. The van der Waals surface area contributed by atoms with Gasteiger partial charge in [-0.25, -0.2) is 4.79 Å². The van der Waals surface area contributed by atoms with Crippen molar-refractivity contribution >= 4 is 23.4 Å². The van der Waals surface area contributed by atoms with Crippen LogP contribution in [0, 0.1) is 0 Å². The van der Waals surface area contributed by atoms with E-state index in [0.29, 0.717) is 17.3 Å². The first-order valence-electron chi connectivity index (χ1n) is 8.38. The molecule has 0 aliphatic carbocycles. The molecule has 1 aromatic heterocycles. The Labute approximate surface area is 152 Å². The molecule has 2 heterocycles. The van der Waals surface area contributed by atoms with Crippen molar-refractivity contribution in [2.75, 3.05) is 37.7 Å². The first kappa shape index (κ1) is 17.6. The average molecular weight is 361 g/mol. The lowest BCUT2D eigenvalue weighted by Crippen LogP contribution is -2.46. The minimum Gasteiger partial charge on any atom is -0.462 e. The van der Waals surface area contributed by atoms with Gasteiger partial charge in [0, 0.05) is 32.7 Å². The monoisotopic (exact) mass is 360 g/mol. The molecule has 3 rings (SSSR count). The van der Waals surface area contributed by atoms with Crippen molar-refractivity contribution in [3.05, 3.63) is 52.7 Å². The summed E-state index contributed by atoms with van der Waals surface area (Å²) in [4.78, 5) is 16.3. The molecule has 0 unspecified atom stereocenters. The quantitative estimate of drug-likeness (QED) is 0.764. The van der Waals surface area contributed by atoms with Crippen LogP contribution < -0.4 is 4.90 Å². The van der Waals surface area contributed by atoms with E-state index in [1.807, 2.05) is 37.3 Å². The molecule has 0 saturated carbocycles. The van der Waals surface area contributed by atoms with E-state index in [4.69, 9.17) is 16.3 Å². The number of carbonyl (C=O) groups is 1. The number of aromatic nitrogens is 2. The van der Waals surface area contributed by atoms with Crippen molar-refractivity contribution in [1.29, 1.82) is 0 Å². The number of anilines is 1. The lowest BCUT2D eigenvalue weighted by atomic mass is 10.1. The maximum Gasteiger partial charge on any atom is 0.338 e. The molecular formula is C18H21ClN4O2. The van der Waals surface area contributed by atoms with E-state index in [2.05, 4.69) is 20.0 Å².